The minimum absolute atomic E-state index is 0.0343. The van der Waals surface area contributed by atoms with Crippen LogP contribution >= 0.6 is 0 Å². The highest BCUT2D eigenvalue weighted by molar-refractivity contribution is 5.72. The van der Waals surface area contributed by atoms with Gasteiger partial charge >= 0.3 is 5.97 Å². The van der Waals surface area contributed by atoms with Crippen LogP contribution in [0.5, 0.6) is 5.75 Å². The number of aryl methyl sites for hydroxylation is 1. The smallest absolute Gasteiger partial charge is 0.308 e. The van der Waals surface area contributed by atoms with Crippen LogP contribution in [0.2, 0.25) is 0 Å². The number of aromatic nitrogens is 1. The summed E-state index contributed by atoms with van der Waals surface area (Å²) in [4.78, 5) is 15.9. The lowest BCUT2D eigenvalue weighted by Gasteiger charge is -2.26. The maximum atomic E-state index is 11.5. The average Bonchev–Trinajstić information content (AvgIpc) is 2.52. The molecule has 0 amide bonds. The molecule has 0 unspecified atom stereocenters. The summed E-state index contributed by atoms with van der Waals surface area (Å²) < 4.78 is 15.9. The third-order valence-electron chi connectivity index (χ3n) is 3.89. The van der Waals surface area contributed by atoms with Gasteiger partial charge in [-0.3, -0.25) is 9.78 Å². The van der Waals surface area contributed by atoms with Crippen molar-refractivity contribution in [2.45, 2.75) is 45.3 Å². The van der Waals surface area contributed by atoms with Gasteiger partial charge in [0.15, 0.2) is 0 Å². The van der Waals surface area contributed by atoms with E-state index in [0.717, 1.165) is 42.8 Å². The molecule has 1 fully saturated rings. The predicted molar refractivity (Wildman–Crippen MR) is 78.1 cm³/mol. The Morgan fingerprint density at radius 3 is 2.57 bits per heavy atom. The predicted octanol–water partition coefficient (Wildman–Crippen LogP) is 2.65. The Kier molecular flexibility index (Phi) is 5.56. The van der Waals surface area contributed by atoms with Gasteiger partial charge in [-0.2, -0.15) is 0 Å². The molecule has 1 aliphatic carbocycles. The summed E-state index contributed by atoms with van der Waals surface area (Å²) in [6.45, 7) is 2.42. The van der Waals surface area contributed by atoms with Crippen LogP contribution in [-0.2, 0) is 20.9 Å². The van der Waals surface area contributed by atoms with Crippen molar-refractivity contribution in [1.29, 1.82) is 0 Å². The molecule has 1 aliphatic rings. The first kappa shape index (κ1) is 15.8. The summed E-state index contributed by atoms with van der Waals surface area (Å²) in [5, 5.41) is 0. The number of ether oxygens (including phenoxy) is 3. The number of rotatable bonds is 5. The molecule has 1 saturated carbocycles. The summed E-state index contributed by atoms with van der Waals surface area (Å²) in [5.74, 6) is 0.737. The average molecular weight is 293 g/mol. The zero-order valence-electron chi connectivity index (χ0n) is 12.9. The summed E-state index contributed by atoms with van der Waals surface area (Å²) in [6.07, 6.45) is 3.65. The summed E-state index contributed by atoms with van der Waals surface area (Å²) in [7, 11) is 3.09. The lowest BCUT2D eigenvalue weighted by molar-refractivity contribution is -0.147. The van der Waals surface area contributed by atoms with Crippen molar-refractivity contribution in [3.8, 4) is 5.75 Å². The number of hydrogen-bond acceptors (Lipinski definition) is 5. The van der Waals surface area contributed by atoms with E-state index in [-0.39, 0.29) is 18.0 Å². The second kappa shape index (κ2) is 7.41. The number of nitrogens with zero attached hydrogens (tertiary/aromatic N) is 1. The van der Waals surface area contributed by atoms with Gasteiger partial charge in [-0.05, 0) is 32.6 Å². The van der Waals surface area contributed by atoms with E-state index in [0.29, 0.717) is 6.61 Å². The highest BCUT2D eigenvalue weighted by Gasteiger charge is 2.27. The minimum Gasteiger partial charge on any atom is -0.497 e. The monoisotopic (exact) mass is 293 g/mol. The van der Waals surface area contributed by atoms with Gasteiger partial charge < -0.3 is 14.2 Å². The van der Waals surface area contributed by atoms with Crippen molar-refractivity contribution in [2.75, 3.05) is 14.2 Å². The molecule has 1 heterocycles. The molecule has 1 aromatic heterocycles. The number of hydrogen-bond donors (Lipinski definition) is 0. The van der Waals surface area contributed by atoms with Crippen LogP contribution in [0.15, 0.2) is 12.1 Å². The third kappa shape index (κ3) is 4.43. The summed E-state index contributed by atoms with van der Waals surface area (Å²) in [6, 6.07) is 3.79. The minimum atomic E-state index is -0.0986. The van der Waals surface area contributed by atoms with E-state index in [1.807, 2.05) is 19.1 Å². The highest BCUT2D eigenvalue weighted by Crippen LogP contribution is 2.27. The van der Waals surface area contributed by atoms with Gasteiger partial charge in [-0.25, -0.2) is 0 Å². The second-order valence-electron chi connectivity index (χ2n) is 5.45. The van der Waals surface area contributed by atoms with Gasteiger partial charge in [0.25, 0.3) is 0 Å². The molecule has 0 spiro atoms. The lowest BCUT2D eigenvalue weighted by Crippen LogP contribution is -2.27. The highest BCUT2D eigenvalue weighted by atomic mass is 16.5. The topological polar surface area (TPSA) is 57.7 Å². The van der Waals surface area contributed by atoms with Gasteiger partial charge in [0.05, 0.1) is 38.5 Å². The first-order chi connectivity index (χ1) is 10.1. The number of carbonyl (C=O) groups excluding carboxylic acids is 1. The molecule has 2 rings (SSSR count). The van der Waals surface area contributed by atoms with Gasteiger partial charge in [0.2, 0.25) is 0 Å². The Bertz CT molecular complexity index is 481. The molecular formula is C16H23NO4. The molecular weight excluding hydrogens is 270 g/mol. The standard InChI is InChI=1S/C16H23NO4/c1-11-8-15(19-2)9-13(17-11)10-21-14-6-4-12(5-7-14)16(18)20-3/h8-9,12,14H,4-7,10H2,1-3H3. The maximum Gasteiger partial charge on any atom is 0.308 e. The fourth-order valence-electron chi connectivity index (χ4n) is 2.73. The molecule has 5 nitrogen and oxygen atoms in total. The molecule has 116 valence electrons. The van der Waals surface area contributed by atoms with Crippen molar-refractivity contribution in [1.82, 2.24) is 4.98 Å². The zero-order chi connectivity index (χ0) is 15.2. The second-order valence-corrected chi connectivity index (χ2v) is 5.45. The van der Waals surface area contributed by atoms with Gasteiger partial charge in [0.1, 0.15) is 5.75 Å². The van der Waals surface area contributed by atoms with Crippen molar-refractivity contribution in [3.05, 3.63) is 23.5 Å². The fraction of sp³-hybridized carbons (Fsp3) is 0.625. The fourth-order valence-corrected chi connectivity index (χ4v) is 2.73. The van der Waals surface area contributed by atoms with Crippen molar-refractivity contribution < 1.29 is 19.0 Å². The van der Waals surface area contributed by atoms with E-state index < -0.39 is 0 Å². The van der Waals surface area contributed by atoms with E-state index in [9.17, 15) is 4.79 Å². The van der Waals surface area contributed by atoms with Crippen LogP contribution in [0.3, 0.4) is 0 Å². The number of pyridine rings is 1. The number of carbonyl (C=O) groups is 1. The van der Waals surface area contributed by atoms with E-state index in [1.54, 1.807) is 7.11 Å². The van der Waals surface area contributed by atoms with E-state index >= 15 is 0 Å². The van der Waals surface area contributed by atoms with Crippen molar-refractivity contribution in [3.63, 3.8) is 0 Å². The normalized spacial score (nSPS) is 21.9. The van der Waals surface area contributed by atoms with Crippen molar-refractivity contribution in [2.24, 2.45) is 5.92 Å². The van der Waals surface area contributed by atoms with Gasteiger partial charge in [-0.15, -0.1) is 0 Å². The van der Waals surface area contributed by atoms with E-state index in [4.69, 9.17) is 14.2 Å². The SMILES string of the molecule is COC(=O)C1CCC(OCc2cc(OC)cc(C)n2)CC1. The van der Waals surface area contributed by atoms with Crippen LogP contribution in [-0.4, -0.2) is 31.3 Å². The largest absolute Gasteiger partial charge is 0.497 e. The van der Waals surface area contributed by atoms with Gasteiger partial charge in [-0.1, -0.05) is 0 Å². The summed E-state index contributed by atoms with van der Waals surface area (Å²) in [5.41, 5.74) is 1.80. The Balaban J connectivity index is 1.82. The molecule has 21 heavy (non-hydrogen) atoms. The Morgan fingerprint density at radius 1 is 1.24 bits per heavy atom. The van der Waals surface area contributed by atoms with Crippen molar-refractivity contribution >= 4 is 5.97 Å². The molecule has 0 atom stereocenters. The molecule has 0 bridgehead atoms. The quantitative estimate of drug-likeness (QED) is 0.781. The molecule has 0 N–H and O–H groups in total. The number of esters is 1. The van der Waals surface area contributed by atoms with Crippen LogP contribution in [0.4, 0.5) is 0 Å². The first-order valence-electron chi connectivity index (χ1n) is 7.33. The maximum absolute atomic E-state index is 11.5. The molecule has 1 aromatic rings. The summed E-state index contributed by atoms with van der Waals surface area (Å²) >= 11 is 0. The molecule has 0 radical (unpaired) electrons. The van der Waals surface area contributed by atoms with Gasteiger partial charge in [0, 0.05) is 17.8 Å². The number of methoxy groups -OCH3 is 2. The Labute approximate surface area is 125 Å². The molecule has 0 saturated heterocycles. The third-order valence-corrected chi connectivity index (χ3v) is 3.89. The van der Waals surface area contributed by atoms with E-state index in [2.05, 4.69) is 4.98 Å². The zero-order valence-corrected chi connectivity index (χ0v) is 12.9. The molecule has 5 heteroatoms. The molecule has 0 aliphatic heterocycles. The Hall–Kier alpha value is -1.62. The van der Waals surface area contributed by atoms with Crippen LogP contribution in [0.1, 0.15) is 37.1 Å². The van der Waals surface area contributed by atoms with E-state index in [1.165, 1.54) is 7.11 Å². The Morgan fingerprint density at radius 2 is 1.95 bits per heavy atom. The van der Waals surface area contributed by atoms with Crippen LogP contribution < -0.4 is 4.74 Å². The molecule has 0 aromatic carbocycles. The van der Waals surface area contributed by atoms with Crippen LogP contribution in [0, 0.1) is 12.8 Å². The lowest BCUT2D eigenvalue weighted by atomic mass is 9.87. The first-order valence-corrected chi connectivity index (χ1v) is 7.33. The van der Waals surface area contributed by atoms with Crippen LogP contribution in [0.25, 0.3) is 0 Å².